The summed E-state index contributed by atoms with van der Waals surface area (Å²) in [7, 11) is 0. The summed E-state index contributed by atoms with van der Waals surface area (Å²) in [6.07, 6.45) is 7.08. The summed E-state index contributed by atoms with van der Waals surface area (Å²) in [5, 5.41) is 2.91. The van der Waals surface area contributed by atoms with E-state index in [0.29, 0.717) is 12.3 Å². The molecule has 0 fully saturated rings. The average molecular weight is 280 g/mol. The predicted molar refractivity (Wildman–Crippen MR) is 69.3 cm³/mol. The van der Waals surface area contributed by atoms with E-state index in [9.17, 15) is 4.79 Å². The molecule has 1 amide bonds. The van der Waals surface area contributed by atoms with Crippen molar-refractivity contribution in [2.45, 2.75) is 19.3 Å². The molecule has 0 aliphatic heterocycles. The number of anilines is 1. The molecule has 1 N–H and O–H groups in total. The van der Waals surface area contributed by atoms with Crippen LogP contribution in [0.4, 0.5) is 5.69 Å². The highest BCUT2D eigenvalue weighted by Crippen LogP contribution is 2.21. The van der Waals surface area contributed by atoms with Crippen LogP contribution in [-0.4, -0.2) is 5.91 Å². The lowest BCUT2D eigenvalue weighted by Gasteiger charge is -2.08. The minimum atomic E-state index is 0.0923. The molecule has 0 unspecified atom stereocenters. The Labute approximate surface area is 104 Å². The second-order valence-electron chi connectivity index (χ2n) is 4.03. The third-order valence-electron chi connectivity index (χ3n) is 2.67. The molecular formula is C13H14BrNO. The molecule has 0 aromatic heterocycles. The van der Waals surface area contributed by atoms with Crippen LogP contribution in [0.15, 0.2) is 40.9 Å². The van der Waals surface area contributed by atoms with Gasteiger partial charge in [0.1, 0.15) is 0 Å². The molecule has 2 rings (SSSR count). The second-order valence-corrected chi connectivity index (χ2v) is 4.94. The van der Waals surface area contributed by atoms with E-state index in [2.05, 4.69) is 33.4 Å². The average Bonchev–Trinajstić information content (AvgIpc) is 2.70. The van der Waals surface area contributed by atoms with Crippen LogP contribution in [0.2, 0.25) is 0 Å². The van der Waals surface area contributed by atoms with Crippen molar-refractivity contribution in [3.63, 3.8) is 0 Å². The molecule has 84 valence electrons. The van der Waals surface area contributed by atoms with Crippen molar-refractivity contribution in [2.75, 3.05) is 5.32 Å². The van der Waals surface area contributed by atoms with Crippen molar-refractivity contribution in [3.8, 4) is 0 Å². The number of halogens is 1. The molecule has 1 atom stereocenters. The van der Waals surface area contributed by atoms with Crippen LogP contribution in [0.5, 0.6) is 0 Å². The van der Waals surface area contributed by atoms with Gasteiger partial charge in [0.05, 0.1) is 0 Å². The minimum absolute atomic E-state index is 0.0923. The molecule has 0 saturated heterocycles. The van der Waals surface area contributed by atoms with Crippen molar-refractivity contribution in [1.29, 1.82) is 0 Å². The van der Waals surface area contributed by atoms with Crippen molar-refractivity contribution in [3.05, 3.63) is 40.9 Å². The van der Waals surface area contributed by atoms with Crippen molar-refractivity contribution >= 4 is 27.5 Å². The fourth-order valence-electron chi connectivity index (χ4n) is 1.88. The zero-order valence-electron chi connectivity index (χ0n) is 8.95. The van der Waals surface area contributed by atoms with Gasteiger partial charge < -0.3 is 5.32 Å². The van der Waals surface area contributed by atoms with Gasteiger partial charge in [-0.3, -0.25) is 4.79 Å². The maximum Gasteiger partial charge on any atom is 0.224 e. The van der Waals surface area contributed by atoms with Gasteiger partial charge in [0.2, 0.25) is 5.91 Å². The lowest BCUT2D eigenvalue weighted by Crippen LogP contribution is -2.14. The Morgan fingerprint density at radius 2 is 2.38 bits per heavy atom. The Bertz CT molecular complexity index is 414. The SMILES string of the molecule is O=C(C[C@@H]1C=CCC1)Nc1cccc(Br)c1. The Kier molecular flexibility index (Phi) is 3.78. The zero-order chi connectivity index (χ0) is 11.4. The molecular weight excluding hydrogens is 266 g/mol. The van der Waals surface area contributed by atoms with Gasteiger partial charge >= 0.3 is 0 Å². The van der Waals surface area contributed by atoms with Crippen LogP contribution in [0, 0.1) is 5.92 Å². The topological polar surface area (TPSA) is 29.1 Å². The van der Waals surface area contributed by atoms with Gasteiger partial charge in [0.15, 0.2) is 0 Å². The van der Waals surface area contributed by atoms with Gasteiger partial charge in [-0.15, -0.1) is 0 Å². The van der Waals surface area contributed by atoms with Crippen molar-refractivity contribution < 1.29 is 4.79 Å². The first-order valence-corrected chi connectivity index (χ1v) is 6.25. The molecule has 0 spiro atoms. The standard InChI is InChI=1S/C13H14BrNO/c14-11-6-3-7-12(9-11)15-13(16)8-10-4-1-2-5-10/h1,3-4,6-7,9-10H,2,5,8H2,(H,15,16)/t10-/m1/s1. The minimum Gasteiger partial charge on any atom is -0.326 e. The summed E-state index contributed by atoms with van der Waals surface area (Å²) in [6.45, 7) is 0. The Balaban J connectivity index is 1.89. The van der Waals surface area contributed by atoms with E-state index in [-0.39, 0.29) is 5.91 Å². The molecule has 1 aliphatic rings. The second kappa shape index (κ2) is 5.30. The smallest absolute Gasteiger partial charge is 0.224 e. The first-order valence-electron chi connectivity index (χ1n) is 5.46. The highest BCUT2D eigenvalue weighted by Gasteiger charge is 2.13. The van der Waals surface area contributed by atoms with Crippen LogP contribution in [0.1, 0.15) is 19.3 Å². The lowest BCUT2D eigenvalue weighted by molar-refractivity contribution is -0.116. The lowest BCUT2D eigenvalue weighted by atomic mass is 10.1. The Morgan fingerprint density at radius 1 is 1.50 bits per heavy atom. The Morgan fingerprint density at radius 3 is 3.06 bits per heavy atom. The normalized spacial score (nSPS) is 18.7. The van der Waals surface area contributed by atoms with Gasteiger partial charge in [-0.2, -0.15) is 0 Å². The summed E-state index contributed by atoms with van der Waals surface area (Å²) in [5.74, 6) is 0.516. The van der Waals surface area contributed by atoms with Crippen LogP contribution in [0.25, 0.3) is 0 Å². The van der Waals surface area contributed by atoms with Crippen LogP contribution >= 0.6 is 15.9 Å². The van der Waals surface area contributed by atoms with E-state index in [4.69, 9.17) is 0 Å². The summed E-state index contributed by atoms with van der Waals surface area (Å²) >= 11 is 3.38. The van der Waals surface area contributed by atoms with Crippen molar-refractivity contribution in [1.82, 2.24) is 0 Å². The van der Waals surface area contributed by atoms with E-state index in [1.807, 2.05) is 24.3 Å². The molecule has 1 aromatic rings. The zero-order valence-corrected chi connectivity index (χ0v) is 10.5. The van der Waals surface area contributed by atoms with E-state index >= 15 is 0 Å². The maximum absolute atomic E-state index is 11.7. The summed E-state index contributed by atoms with van der Waals surface area (Å²) in [6, 6.07) is 7.65. The number of hydrogen-bond acceptors (Lipinski definition) is 1. The summed E-state index contributed by atoms with van der Waals surface area (Å²) in [4.78, 5) is 11.7. The van der Waals surface area contributed by atoms with E-state index in [1.54, 1.807) is 0 Å². The summed E-state index contributed by atoms with van der Waals surface area (Å²) < 4.78 is 0.978. The fourth-order valence-corrected chi connectivity index (χ4v) is 2.28. The number of nitrogens with one attached hydrogen (secondary N) is 1. The molecule has 0 saturated carbocycles. The molecule has 0 bridgehead atoms. The van der Waals surface area contributed by atoms with Gasteiger partial charge in [-0.1, -0.05) is 34.1 Å². The summed E-state index contributed by atoms with van der Waals surface area (Å²) in [5.41, 5.74) is 0.848. The molecule has 1 aromatic carbocycles. The molecule has 3 heteroatoms. The van der Waals surface area contributed by atoms with E-state index in [0.717, 1.165) is 23.0 Å². The van der Waals surface area contributed by atoms with Crippen LogP contribution in [0.3, 0.4) is 0 Å². The molecule has 1 aliphatic carbocycles. The van der Waals surface area contributed by atoms with Crippen LogP contribution in [-0.2, 0) is 4.79 Å². The number of hydrogen-bond donors (Lipinski definition) is 1. The maximum atomic E-state index is 11.7. The monoisotopic (exact) mass is 279 g/mol. The van der Waals surface area contributed by atoms with Gasteiger partial charge in [-0.05, 0) is 37.0 Å². The van der Waals surface area contributed by atoms with Crippen LogP contribution < -0.4 is 5.32 Å². The fraction of sp³-hybridized carbons (Fsp3) is 0.308. The van der Waals surface area contributed by atoms with E-state index < -0.39 is 0 Å². The number of allylic oxidation sites excluding steroid dienone is 2. The van der Waals surface area contributed by atoms with E-state index in [1.165, 1.54) is 0 Å². The first kappa shape index (κ1) is 11.4. The van der Waals surface area contributed by atoms with Gasteiger partial charge in [0, 0.05) is 16.6 Å². The highest BCUT2D eigenvalue weighted by atomic mass is 79.9. The number of carbonyl (C=O) groups is 1. The largest absolute Gasteiger partial charge is 0.326 e. The number of amides is 1. The molecule has 0 heterocycles. The highest BCUT2D eigenvalue weighted by molar-refractivity contribution is 9.10. The third kappa shape index (κ3) is 3.20. The molecule has 2 nitrogen and oxygen atoms in total. The third-order valence-corrected chi connectivity index (χ3v) is 3.16. The Hall–Kier alpha value is -1.09. The van der Waals surface area contributed by atoms with Gasteiger partial charge in [0.25, 0.3) is 0 Å². The number of carbonyl (C=O) groups excluding carboxylic acids is 1. The predicted octanol–water partition coefficient (Wildman–Crippen LogP) is 3.74. The van der Waals surface area contributed by atoms with Gasteiger partial charge in [-0.25, -0.2) is 0 Å². The quantitative estimate of drug-likeness (QED) is 0.839. The number of rotatable bonds is 3. The molecule has 16 heavy (non-hydrogen) atoms. The number of benzene rings is 1. The van der Waals surface area contributed by atoms with Crippen molar-refractivity contribution in [2.24, 2.45) is 5.92 Å². The molecule has 0 radical (unpaired) electrons. The first-order chi connectivity index (χ1) is 7.74.